The molecule has 0 unspecified atom stereocenters. The first-order chi connectivity index (χ1) is 10.3. The fraction of sp³-hybridized carbons (Fsp3) is 0.533. The van der Waals surface area contributed by atoms with Crippen LogP contribution in [0.15, 0.2) is 23.1 Å². The molecule has 1 atom stereocenters. The van der Waals surface area contributed by atoms with E-state index in [0.717, 1.165) is 16.0 Å². The Kier molecular flexibility index (Phi) is 5.52. The van der Waals surface area contributed by atoms with Crippen LogP contribution in [0, 0.1) is 13.8 Å². The summed E-state index contributed by atoms with van der Waals surface area (Å²) in [5.74, 6) is 0.293. The third-order valence-corrected chi connectivity index (χ3v) is 6.35. The Bertz CT molecular complexity index is 659. The summed E-state index contributed by atoms with van der Waals surface area (Å²) in [5, 5.41) is 4.57. The summed E-state index contributed by atoms with van der Waals surface area (Å²) >= 11 is 1.50. The van der Waals surface area contributed by atoms with Gasteiger partial charge in [0.1, 0.15) is 0 Å². The van der Waals surface area contributed by atoms with Gasteiger partial charge in [0, 0.05) is 18.0 Å². The maximum Gasteiger partial charge on any atom is 0.232 e. The van der Waals surface area contributed by atoms with E-state index in [4.69, 9.17) is 5.14 Å². The molecule has 2 rings (SSSR count). The number of nitrogens with two attached hydrogens (primary N) is 1. The molecule has 1 aliphatic rings. The Morgan fingerprint density at radius 3 is 2.82 bits per heavy atom. The molecule has 0 spiro atoms. The van der Waals surface area contributed by atoms with E-state index in [1.54, 1.807) is 4.90 Å². The van der Waals surface area contributed by atoms with Crippen LogP contribution in [0.25, 0.3) is 0 Å². The van der Waals surface area contributed by atoms with Crippen LogP contribution >= 0.6 is 11.8 Å². The van der Waals surface area contributed by atoms with E-state index in [1.165, 1.54) is 11.8 Å². The van der Waals surface area contributed by atoms with Gasteiger partial charge in [-0.3, -0.25) is 4.79 Å². The molecule has 22 heavy (non-hydrogen) atoms. The van der Waals surface area contributed by atoms with Crippen molar-refractivity contribution in [3.63, 3.8) is 0 Å². The van der Waals surface area contributed by atoms with E-state index >= 15 is 0 Å². The van der Waals surface area contributed by atoms with Crippen LogP contribution in [-0.2, 0) is 14.8 Å². The first kappa shape index (κ1) is 17.3. The van der Waals surface area contributed by atoms with Gasteiger partial charge >= 0.3 is 0 Å². The van der Waals surface area contributed by atoms with E-state index in [1.807, 2.05) is 26.0 Å². The van der Waals surface area contributed by atoms with Crippen molar-refractivity contribution in [3.8, 4) is 0 Å². The fourth-order valence-electron chi connectivity index (χ4n) is 2.53. The number of piperidine rings is 1. The Balaban J connectivity index is 1.96. The summed E-state index contributed by atoms with van der Waals surface area (Å²) in [6, 6.07) is 6.15. The lowest BCUT2D eigenvalue weighted by molar-refractivity contribution is -0.129. The quantitative estimate of drug-likeness (QED) is 0.844. The number of carbonyl (C=O) groups is 1. The van der Waals surface area contributed by atoms with Crippen molar-refractivity contribution in [2.45, 2.75) is 36.8 Å². The Hall–Kier alpha value is -1.05. The van der Waals surface area contributed by atoms with Crippen LogP contribution in [-0.4, -0.2) is 43.3 Å². The fourth-order valence-corrected chi connectivity index (χ4v) is 4.44. The number of carbonyl (C=O) groups excluding carboxylic acids is 1. The van der Waals surface area contributed by atoms with Crippen molar-refractivity contribution in [1.29, 1.82) is 0 Å². The lowest BCUT2D eigenvalue weighted by Gasteiger charge is -2.31. The SMILES string of the molecule is Cc1ccc(C)c(SCC(=O)N2CCC[C@@H](S(N)(=O)=O)C2)c1. The second-order valence-electron chi connectivity index (χ2n) is 5.75. The van der Waals surface area contributed by atoms with Crippen molar-refractivity contribution in [3.05, 3.63) is 29.3 Å². The lowest BCUT2D eigenvalue weighted by Crippen LogP contribution is -2.47. The molecule has 5 nitrogen and oxygen atoms in total. The summed E-state index contributed by atoms with van der Waals surface area (Å²) < 4.78 is 22.9. The van der Waals surface area contributed by atoms with Crippen LogP contribution in [0.2, 0.25) is 0 Å². The number of primary sulfonamides is 1. The van der Waals surface area contributed by atoms with E-state index in [0.29, 0.717) is 25.1 Å². The number of rotatable bonds is 4. The van der Waals surface area contributed by atoms with Crippen molar-refractivity contribution in [1.82, 2.24) is 4.90 Å². The molecule has 1 aromatic carbocycles. The Morgan fingerprint density at radius 1 is 1.41 bits per heavy atom. The molecule has 1 fully saturated rings. The van der Waals surface area contributed by atoms with Gasteiger partial charge in [-0.15, -0.1) is 11.8 Å². The number of thioether (sulfide) groups is 1. The maximum absolute atomic E-state index is 12.3. The van der Waals surface area contributed by atoms with E-state index < -0.39 is 15.3 Å². The number of nitrogens with zero attached hydrogens (tertiary/aromatic N) is 1. The second kappa shape index (κ2) is 7.02. The third kappa shape index (κ3) is 4.47. The molecule has 2 N–H and O–H groups in total. The first-order valence-electron chi connectivity index (χ1n) is 7.27. The monoisotopic (exact) mass is 342 g/mol. The molecule has 0 aliphatic carbocycles. The van der Waals surface area contributed by atoms with Crippen molar-refractivity contribution in [2.75, 3.05) is 18.8 Å². The van der Waals surface area contributed by atoms with Gasteiger partial charge in [-0.1, -0.05) is 17.7 Å². The molecule has 1 saturated heterocycles. The molecule has 1 aromatic rings. The smallest absolute Gasteiger partial charge is 0.232 e. The third-order valence-electron chi connectivity index (χ3n) is 3.89. The normalized spacial score (nSPS) is 19.2. The van der Waals surface area contributed by atoms with Crippen LogP contribution in [0.4, 0.5) is 0 Å². The molecular formula is C15H22N2O3S2. The average Bonchev–Trinajstić information content (AvgIpc) is 2.47. The highest BCUT2D eigenvalue weighted by Crippen LogP contribution is 2.24. The molecule has 1 amide bonds. The Morgan fingerprint density at radius 2 is 2.14 bits per heavy atom. The minimum absolute atomic E-state index is 0.0285. The van der Waals surface area contributed by atoms with E-state index in [2.05, 4.69) is 6.07 Å². The van der Waals surface area contributed by atoms with Gasteiger partial charge in [0.2, 0.25) is 15.9 Å². The number of hydrogen-bond donors (Lipinski definition) is 1. The highest BCUT2D eigenvalue weighted by atomic mass is 32.2. The number of aryl methyl sites for hydroxylation is 2. The minimum atomic E-state index is -3.57. The predicted octanol–water partition coefficient (Wildman–Crippen LogP) is 1.68. The van der Waals surface area contributed by atoms with Gasteiger partial charge in [0.05, 0.1) is 11.0 Å². The topological polar surface area (TPSA) is 80.5 Å². The summed E-state index contributed by atoms with van der Waals surface area (Å²) in [7, 11) is -3.57. The predicted molar refractivity (Wildman–Crippen MR) is 89.3 cm³/mol. The molecule has 0 aromatic heterocycles. The van der Waals surface area contributed by atoms with Crippen molar-refractivity contribution < 1.29 is 13.2 Å². The molecule has 0 radical (unpaired) electrons. The standard InChI is InChI=1S/C15H22N2O3S2/c1-11-5-6-12(2)14(8-11)21-10-15(18)17-7-3-4-13(9-17)22(16,19)20/h5-6,8,13H,3-4,7,9-10H2,1-2H3,(H2,16,19,20)/t13-/m1/s1. The van der Waals surface area contributed by atoms with Crippen LogP contribution < -0.4 is 5.14 Å². The summed E-state index contributed by atoms with van der Waals surface area (Å²) in [6.45, 7) is 4.86. The zero-order valence-electron chi connectivity index (χ0n) is 12.9. The minimum Gasteiger partial charge on any atom is -0.341 e. The zero-order chi connectivity index (χ0) is 16.3. The second-order valence-corrected chi connectivity index (χ2v) is 8.61. The first-order valence-corrected chi connectivity index (χ1v) is 9.86. The summed E-state index contributed by atoms with van der Waals surface area (Å²) in [6.07, 6.45) is 1.22. The molecule has 1 aliphatic heterocycles. The molecule has 7 heteroatoms. The van der Waals surface area contributed by atoms with Crippen LogP contribution in [0.1, 0.15) is 24.0 Å². The van der Waals surface area contributed by atoms with Gasteiger partial charge in [0.15, 0.2) is 0 Å². The van der Waals surface area contributed by atoms with Gasteiger partial charge in [0.25, 0.3) is 0 Å². The number of sulfonamides is 1. The lowest BCUT2D eigenvalue weighted by atomic mass is 10.1. The van der Waals surface area contributed by atoms with Gasteiger partial charge in [-0.2, -0.15) is 0 Å². The number of hydrogen-bond acceptors (Lipinski definition) is 4. The number of amides is 1. The van der Waals surface area contributed by atoms with Gasteiger partial charge in [-0.05, 0) is 38.3 Å². The number of benzene rings is 1. The summed E-state index contributed by atoms with van der Waals surface area (Å²) in [4.78, 5) is 15.0. The van der Waals surface area contributed by atoms with Crippen molar-refractivity contribution in [2.24, 2.45) is 5.14 Å². The Labute approximate surface area is 136 Å². The van der Waals surface area contributed by atoms with E-state index in [9.17, 15) is 13.2 Å². The zero-order valence-corrected chi connectivity index (χ0v) is 14.5. The molecule has 1 heterocycles. The highest BCUT2D eigenvalue weighted by Gasteiger charge is 2.30. The molecular weight excluding hydrogens is 320 g/mol. The van der Waals surface area contributed by atoms with E-state index in [-0.39, 0.29) is 12.5 Å². The van der Waals surface area contributed by atoms with Gasteiger partial charge in [-0.25, -0.2) is 13.6 Å². The highest BCUT2D eigenvalue weighted by molar-refractivity contribution is 8.00. The maximum atomic E-state index is 12.3. The summed E-state index contributed by atoms with van der Waals surface area (Å²) in [5.41, 5.74) is 2.30. The van der Waals surface area contributed by atoms with Gasteiger partial charge < -0.3 is 4.90 Å². The average molecular weight is 342 g/mol. The number of likely N-dealkylation sites (tertiary alicyclic amines) is 1. The van der Waals surface area contributed by atoms with Crippen molar-refractivity contribution >= 4 is 27.7 Å². The van der Waals surface area contributed by atoms with Crippen LogP contribution in [0.5, 0.6) is 0 Å². The van der Waals surface area contributed by atoms with Crippen LogP contribution in [0.3, 0.4) is 0 Å². The molecule has 0 saturated carbocycles. The molecule has 0 bridgehead atoms. The largest absolute Gasteiger partial charge is 0.341 e. The molecule has 122 valence electrons.